The third-order valence-electron chi connectivity index (χ3n) is 6.99. The third-order valence-corrected chi connectivity index (χ3v) is 6.99. The molecule has 41 heavy (non-hydrogen) atoms. The van der Waals surface area contributed by atoms with Crippen LogP contribution in [-0.2, 0) is 21.5 Å². The first-order chi connectivity index (χ1) is 19.5. The number of ether oxygens (including phenoxy) is 3. The smallest absolute Gasteiger partial charge is 0.295 e. The topological polar surface area (TPSA) is 106 Å². The maximum absolute atomic E-state index is 13.6. The number of carbonyl (C=O) groups excluding carboxylic acids is 2. The Balaban J connectivity index is 1.91. The lowest BCUT2D eigenvalue weighted by molar-refractivity contribution is -0.140. The van der Waals surface area contributed by atoms with Crippen molar-refractivity contribution < 1.29 is 34.0 Å². The summed E-state index contributed by atoms with van der Waals surface area (Å²) in [5, 5.41) is 22.0. The highest BCUT2D eigenvalue weighted by Crippen LogP contribution is 2.43. The molecule has 0 aromatic heterocycles. The molecule has 1 aliphatic rings. The fraction of sp³-hybridized carbons (Fsp3) is 0.333. The van der Waals surface area contributed by atoms with Gasteiger partial charge in [-0.25, -0.2) is 0 Å². The van der Waals surface area contributed by atoms with Crippen LogP contribution in [0.15, 0.2) is 66.2 Å². The van der Waals surface area contributed by atoms with Gasteiger partial charge >= 0.3 is 0 Å². The molecular weight excluding hydrogens is 522 g/mol. The summed E-state index contributed by atoms with van der Waals surface area (Å²) >= 11 is 0. The largest absolute Gasteiger partial charge is 0.507 e. The van der Waals surface area contributed by atoms with E-state index < -0.39 is 17.7 Å². The molecule has 0 bridgehead atoms. The van der Waals surface area contributed by atoms with Crippen LogP contribution in [0, 0.1) is 0 Å². The number of Topliss-reactive ketones (excluding diaryl/α,β-unsaturated/α-hetero) is 1. The van der Waals surface area contributed by atoms with Gasteiger partial charge in [0.1, 0.15) is 17.3 Å². The number of rotatable bonds is 9. The Labute approximate surface area is 240 Å². The Morgan fingerprint density at radius 2 is 1.63 bits per heavy atom. The average molecular weight is 560 g/mol. The van der Waals surface area contributed by atoms with Crippen molar-refractivity contribution in [3.8, 4) is 23.0 Å². The average Bonchev–Trinajstić information content (AvgIpc) is 3.19. The highest BCUT2D eigenvalue weighted by molar-refractivity contribution is 6.46. The summed E-state index contributed by atoms with van der Waals surface area (Å²) in [5.74, 6) is -0.384. The van der Waals surface area contributed by atoms with E-state index in [1.54, 1.807) is 56.5 Å². The van der Waals surface area contributed by atoms with Crippen LogP contribution >= 0.6 is 0 Å². The van der Waals surface area contributed by atoms with Crippen molar-refractivity contribution in [2.75, 3.05) is 20.3 Å². The number of benzene rings is 3. The molecule has 2 N–H and O–H groups in total. The van der Waals surface area contributed by atoms with Gasteiger partial charge in [-0.1, -0.05) is 39.0 Å². The highest BCUT2D eigenvalue weighted by atomic mass is 16.5. The van der Waals surface area contributed by atoms with Crippen molar-refractivity contribution in [2.45, 2.75) is 52.6 Å². The second-order valence-corrected chi connectivity index (χ2v) is 10.8. The van der Waals surface area contributed by atoms with Crippen LogP contribution < -0.4 is 14.2 Å². The number of aromatic hydroxyl groups is 1. The number of hydrogen-bond acceptors (Lipinski definition) is 7. The number of phenols is 1. The van der Waals surface area contributed by atoms with Gasteiger partial charge in [-0.2, -0.15) is 0 Å². The van der Waals surface area contributed by atoms with E-state index in [1.165, 1.54) is 11.0 Å². The third kappa shape index (κ3) is 6.01. The molecule has 0 aliphatic carbocycles. The number of likely N-dealkylation sites (tertiary alicyclic amines) is 1. The zero-order chi connectivity index (χ0) is 29.9. The predicted octanol–water partition coefficient (Wildman–Crippen LogP) is 6.12. The summed E-state index contributed by atoms with van der Waals surface area (Å²) < 4.78 is 16.8. The van der Waals surface area contributed by atoms with Gasteiger partial charge in [-0.15, -0.1) is 0 Å². The SMILES string of the molecule is CCOc1cc(C2/C(=C(\O)c3ccc(OCC)c(C(C)(C)C)c3)C(=O)C(=O)N2Cc2cccc(OC)c2)ccc1O. The van der Waals surface area contributed by atoms with Crippen molar-refractivity contribution in [3.05, 3.63) is 88.5 Å². The fourth-order valence-corrected chi connectivity index (χ4v) is 5.03. The molecular formula is C33H37NO7. The summed E-state index contributed by atoms with van der Waals surface area (Å²) in [4.78, 5) is 28.6. The van der Waals surface area contributed by atoms with Crippen LogP contribution in [0.25, 0.3) is 5.76 Å². The lowest BCUT2D eigenvalue weighted by Crippen LogP contribution is -2.29. The molecule has 1 unspecified atom stereocenters. The molecule has 8 nitrogen and oxygen atoms in total. The van der Waals surface area contributed by atoms with E-state index in [0.717, 1.165) is 11.1 Å². The maximum atomic E-state index is 13.6. The summed E-state index contributed by atoms with van der Waals surface area (Å²) in [6, 6.07) is 16.2. The molecule has 1 atom stereocenters. The lowest BCUT2D eigenvalue weighted by Gasteiger charge is -2.26. The van der Waals surface area contributed by atoms with Gasteiger partial charge in [-0.05, 0) is 72.9 Å². The van der Waals surface area contributed by atoms with Crippen molar-refractivity contribution in [1.82, 2.24) is 4.90 Å². The van der Waals surface area contributed by atoms with Gasteiger partial charge in [-0.3, -0.25) is 9.59 Å². The number of phenolic OH excluding ortho intramolecular Hbond substituents is 1. The van der Waals surface area contributed by atoms with Crippen molar-refractivity contribution in [1.29, 1.82) is 0 Å². The standard InChI is InChI=1S/C33H37NO7/c1-7-40-26-15-13-22(17-24(26)33(3,4)5)30(36)28-29(21-12-14-25(35)27(18-21)41-8-2)34(32(38)31(28)37)19-20-10-9-11-23(16-20)39-6/h9-18,29,35-36H,7-8,19H2,1-6H3/b30-28+. The van der Waals surface area contributed by atoms with Crippen molar-refractivity contribution in [3.63, 3.8) is 0 Å². The number of aliphatic hydroxyl groups is 1. The second kappa shape index (κ2) is 12.0. The van der Waals surface area contributed by atoms with Gasteiger partial charge in [0, 0.05) is 17.7 Å². The van der Waals surface area contributed by atoms with Crippen LogP contribution in [0.5, 0.6) is 23.0 Å². The van der Waals surface area contributed by atoms with E-state index in [0.29, 0.717) is 35.8 Å². The number of ketones is 1. The minimum Gasteiger partial charge on any atom is -0.507 e. The Morgan fingerprint density at radius 1 is 0.927 bits per heavy atom. The van der Waals surface area contributed by atoms with Crippen LogP contribution in [-0.4, -0.2) is 47.1 Å². The van der Waals surface area contributed by atoms with E-state index in [-0.39, 0.29) is 34.8 Å². The molecule has 0 saturated carbocycles. The van der Waals surface area contributed by atoms with Gasteiger partial charge in [0.15, 0.2) is 11.5 Å². The number of aliphatic hydroxyl groups excluding tert-OH is 1. The Kier molecular flexibility index (Phi) is 8.61. The molecule has 1 heterocycles. The first-order valence-electron chi connectivity index (χ1n) is 13.6. The predicted molar refractivity (Wildman–Crippen MR) is 156 cm³/mol. The number of methoxy groups -OCH3 is 1. The van der Waals surface area contributed by atoms with Crippen molar-refractivity contribution in [2.24, 2.45) is 0 Å². The fourth-order valence-electron chi connectivity index (χ4n) is 5.03. The molecule has 0 spiro atoms. The summed E-state index contributed by atoms with van der Waals surface area (Å²) in [6.07, 6.45) is 0. The summed E-state index contributed by atoms with van der Waals surface area (Å²) in [7, 11) is 1.56. The Morgan fingerprint density at radius 3 is 2.29 bits per heavy atom. The first-order valence-corrected chi connectivity index (χ1v) is 13.6. The number of hydrogen-bond donors (Lipinski definition) is 2. The quantitative estimate of drug-likeness (QED) is 0.185. The molecule has 4 rings (SSSR count). The minimum atomic E-state index is -0.939. The number of amides is 1. The molecule has 3 aromatic rings. The molecule has 0 radical (unpaired) electrons. The normalized spacial score (nSPS) is 16.6. The van der Waals surface area contributed by atoms with E-state index in [4.69, 9.17) is 14.2 Å². The number of nitrogens with zero attached hydrogens (tertiary/aromatic N) is 1. The molecule has 1 aliphatic heterocycles. The minimum absolute atomic E-state index is 0.0462. The van der Waals surface area contributed by atoms with E-state index in [1.807, 2.05) is 39.8 Å². The molecule has 8 heteroatoms. The van der Waals surface area contributed by atoms with Crippen LogP contribution in [0.3, 0.4) is 0 Å². The zero-order valence-corrected chi connectivity index (χ0v) is 24.4. The Bertz CT molecular complexity index is 1490. The lowest BCUT2D eigenvalue weighted by atomic mass is 9.84. The zero-order valence-electron chi connectivity index (χ0n) is 24.4. The van der Waals surface area contributed by atoms with Crippen LogP contribution in [0.2, 0.25) is 0 Å². The van der Waals surface area contributed by atoms with Crippen LogP contribution in [0.4, 0.5) is 0 Å². The highest BCUT2D eigenvalue weighted by Gasteiger charge is 2.46. The monoisotopic (exact) mass is 559 g/mol. The maximum Gasteiger partial charge on any atom is 0.295 e. The second-order valence-electron chi connectivity index (χ2n) is 10.8. The molecule has 3 aromatic carbocycles. The Hall–Kier alpha value is -4.46. The van der Waals surface area contributed by atoms with E-state index in [9.17, 15) is 19.8 Å². The number of carbonyl (C=O) groups is 2. The van der Waals surface area contributed by atoms with Crippen LogP contribution in [0.1, 0.15) is 62.9 Å². The van der Waals surface area contributed by atoms with Gasteiger partial charge in [0.05, 0.1) is 31.9 Å². The molecule has 1 saturated heterocycles. The molecule has 216 valence electrons. The summed E-state index contributed by atoms with van der Waals surface area (Å²) in [6.45, 7) is 10.7. The first kappa shape index (κ1) is 29.5. The van der Waals surface area contributed by atoms with Gasteiger partial charge in [0.2, 0.25) is 0 Å². The van der Waals surface area contributed by atoms with E-state index in [2.05, 4.69) is 0 Å². The van der Waals surface area contributed by atoms with Gasteiger partial charge < -0.3 is 29.3 Å². The molecule has 1 fully saturated rings. The molecule has 1 amide bonds. The van der Waals surface area contributed by atoms with E-state index >= 15 is 0 Å². The van der Waals surface area contributed by atoms with Gasteiger partial charge in [0.25, 0.3) is 11.7 Å². The van der Waals surface area contributed by atoms with Crippen molar-refractivity contribution >= 4 is 17.4 Å². The summed E-state index contributed by atoms with van der Waals surface area (Å²) in [5.41, 5.74) is 2.14.